The number of carbonyl (C=O) groups excluding carboxylic acids is 1. The van der Waals surface area contributed by atoms with Crippen LogP contribution in [0.1, 0.15) is 12.8 Å². The summed E-state index contributed by atoms with van der Waals surface area (Å²) in [6, 6.07) is 5.82. The first-order valence-electron chi connectivity index (χ1n) is 5.88. The van der Waals surface area contributed by atoms with Gasteiger partial charge in [0.25, 0.3) is 0 Å². The molecule has 0 amide bonds. The molecule has 1 atom stereocenters. The van der Waals surface area contributed by atoms with Crippen molar-refractivity contribution in [3.05, 3.63) is 29.3 Å². The second kappa shape index (κ2) is 5.48. The Bertz CT molecular complexity index is 570. The molecule has 0 N–H and O–H groups in total. The van der Waals surface area contributed by atoms with Crippen molar-refractivity contribution < 1.29 is 18.3 Å². The van der Waals surface area contributed by atoms with E-state index < -0.39 is 21.9 Å². The van der Waals surface area contributed by atoms with Crippen molar-refractivity contribution >= 4 is 27.6 Å². The van der Waals surface area contributed by atoms with Crippen molar-refractivity contribution in [2.45, 2.75) is 17.7 Å². The zero-order chi connectivity index (χ0) is 14.0. The summed E-state index contributed by atoms with van der Waals surface area (Å²) < 4.78 is 25.9. The number of carboxylic acid groups (broad SMARTS) is 1. The van der Waals surface area contributed by atoms with Crippen LogP contribution in [0.5, 0.6) is 0 Å². The predicted octanol–water partition coefficient (Wildman–Crippen LogP) is 0.491. The average Bonchev–Trinajstić information content (AvgIpc) is 2.39. The summed E-state index contributed by atoms with van der Waals surface area (Å²) in [4.78, 5) is 11.0. The molecule has 104 valence electrons. The normalized spacial score (nSPS) is 21.2. The average molecular weight is 303 g/mol. The third-order valence-corrected chi connectivity index (χ3v) is 5.30. The number of sulfonamides is 1. The van der Waals surface area contributed by atoms with E-state index in [2.05, 4.69) is 0 Å². The maximum atomic E-state index is 12.3. The van der Waals surface area contributed by atoms with Crippen LogP contribution in [0.25, 0.3) is 0 Å². The van der Waals surface area contributed by atoms with E-state index in [0.29, 0.717) is 24.4 Å². The molecule has 5 nitrogen and oxygen atoms in total. The van der Waals surface area contributed by atoms with Crippen LogP contribution in [-0.4, -0.2) is 31.8 Å². The number of rotatable bonds is 3. The van der Waals surface area contributed by atoms with Crippen LogP contribution in [0.2, 0.25) is 5.02 Å². The summed E-state index contributed by atoms with van der Waals surface area (Å²) in [7, 11) is -3.66. The first kappa shape index (κ1) is 14.3. The number of piperidine rings is 1. The van der Waals surface area contributed by atoms with Crippen LogP contribution < -0.4 is 5.11 Å². The Hall–Kier alpha value is -1.11. The molecule has 0 radical (unpaired) electrons. The monoisotopic (exact) mass is 302 g/mol. The van der Waals surface area contributed by atoms with Gasteiger partial charge in [0, 0.05) is 30.0 Å². The summed E-state index contributed by atoms with van der Waals surface area (Å²) in [5.41, 5.74) is 0. The molecule has 1 heterocycles. The van der Waals surface area contributed by atoms with Gasteiger partial charge in [-0.1, -0.05) is 11.6 Å². The minimum absolute atomic E-state index is 0.0344. The molecular weight excluding hydrogens is 290 g/mol. The van der Waals surface area contributed by atoms with E-state index in [9.17, 15) is 18.3 Å². The molecule has 0 saturated carbocycles. The molecule has 0 aromatic heterocycles. The van der Waals surface area contributed by atoms with Crippen molar-refractivity contribution in [1.29, 1.82) is 0 Å². The van der Waals surface area contributed by atoms with Gasteiger partial charge in [-0.25, -0.2) is 8.42 Å². The Morgan fingerprint density at radius 3 is 2.53 bits per heavy atom. The van der Waals surface area contributed by atoms with E-state index in [1.54, 1.807) is 0 Å². The molecule has 1 aromatic carbocycles. The number of carboxylic acids is 1. The smallest absolute Gasteiger partial charge is 0.243 e. The molecule has 0 spiro atoms. The summed E-state index contributed by atoms with van der Waals surface area (Å²) >= 11 is 5.72. The van der Waals surface area contributed by atoms with E-state index in [0.717, 1.165) is 0 Å². The van der Waals surface area contributed by atoms with Crippen molar-refractivity contribution in [2.24, 2.45) is 5.92 Å². The highest BCUT2D eigenvalue weighted by molar-refractivity contribution is 7.89. The van der Waals surface area contributed by atoms with Gasteiger partial charge in [0.2, 0.25) is 10.0 Å². The molecule has 0 bridgehead atoms. The minimum atomic E-state index is -3.66. The number of nitrogens with zero attached hydrogens (tertiary/aromatic N) is 1. The SMILES string of the molecule is O=C([O-])C1CCCN(S(=O)(=O)c2ccc(Cl)cc2)C1. The van der Waals surface area contributed by atoms with Gasteiger partial charge < -0.3 is 9.90 Å². The second-order valence-electron chi connectivity index (χ2n) is 4.48. The molecule has 1 saturated heterocycles. The molecular formula is C12H13ClNO4S-. The van der Waals surface area contributed by atoms with Crippen molar-refractivity contribution in [2.75, 3.05) is 13.1 Å². The summed E-state index contributed by atoms with van der Waals surface area (Å²) in [6.45, 7) is 0.294. The van der Waals surface area contributed by atoms with Gasteiger partial charge in [0.15, 0.2) is 0 Å². The maximum absolute atomic E-state index is 12.3. The fourth-order valence-electron chi connectivity index (χ4n) is 2.11. The number of hydrogen-bond donors (Lipinski definition) is 0. The van der Waals surface area contributed by atoms with Crippen LogP contribution in [0, 0.1) is 5.92 Å². The van der Waals surface area contributed by atoms with Gasteiger partial charge in [-0.2, -0.15) is 4.31 Å². The van der Waals surface area contributed by atoms with Gasteiger partial charge in [0.05, 0.1) is 4.90 Å². The zero-order valence-corrected chi connectivity index (χ0v) is 11.7. The fourth-order valence-corrected chi connectivity index (χ4v) is 3.76. The molecule has 1 aliphatic rings. The lowest BCUT2D eigenvalue weighted by Gasteiger charge is -2.32. The first-order chi connectivity index (χ1) is 8.91. The first-order valence-corrected chi connectivity index (χ1v) is 7.69. The quantitative estimate of drug-likeness (QED) is 0.814. The lowest BCUT2D eigenvalue weighted by Crippen LogP contribution is -2.46. The molecule has 0 aliphatic carbocycles. The highest BCUT2D eigenvalue weighted by Crippen LogP contribution is 2.24. The highest BCUT2D eigenvalue weighted by Gasteiger charge is 2.30. The van der Waals surface area contributed by atoms with Crippen molar-refractivity contribution in [3.8, 4) is 0 Å². The highest BCUT2D eigenvalue weighted by atomic mass is 35.5. The van der Waals surface area contributed by atoms with Gasteiger partial charge in [-0.3, -0.25) is 0 Å². The Balaban J connectivity index is 2.24. The summed E-state index contributed by atoms with van der Waals surface area (Å²) in [5.74, 6) is -1.94. The largest absolute Gasteiger partial charge is 0.550 e. The second-order valence-corrected chi connectivity index (χ2v) is 6.85. The van der Waals surface area contributed by atoms with Gasteiger partial charge >= 0.3 is 0 Å². The lowest BCUT2D eigenvalue weighted by molar-refractivity contribution is -0.312. The van der Waals surface area contributed by atoms with Crippen LogP contribution >= 0.6 is 11.6 Å². The third-order valence-electron chi connectivity index (χ3n) is 3.17. The van der Waals surface area contributed by atoms with E-state index in [4.69, 9.17) is 11.6 Å². The van der Waals surface area contributed by atoms with Crippen LogP contribution in [0.15, 0.2) is 29.2 Å². The molecule has 1 aromatic rings. The summed E-state index contributed by atoms with van der Waals surface area (Å²) in [6.07, 6.45) is 0.973. The molecule has 1 unspecified atom stereocenters. The Morgan fingerprint density at radius 2 is 1.95 bits per heavy atom. The predicted molar refractivity (Wildman–Crippen MR) is 67.9 cm³/mol. The van der Waals surface area contributed by atoms with Crippen LogP contribution in [0.4, 0.5) is 0 Å². The zero-order valence-electron chi connectivity index (χ0n) is 10.1. The summed E-state index contributed by atoms with van der Waals surface area (Å²) in [5, 5.41) is 11.3. The number of benzene rings is 1. The number of hydrogen-bond acceptors (Lipinski definition) is 4. The number of carbonyl (C=O) groups is 1. The lowest BCUT2D eigenvalue weighted by atomic mass is 10.0. The van der Waals surface area contributed by atoms with E-state index in [1.165, 1.54) is 28.6 Å². The Morgan fingerprint density at radius 1 is 1.32 bits per heavy atom. The molecule has 1 aliphatic heterocycles. The van der Waals surface area contributed by atoms with Crippen LogP contribution in [0.3, 0.4) is 0 Å². The van der Waals surface area contributed by atoms with Crippen molar-refractivity contribution in [1.82, 2.24) is 4.31 Å². The van der Waals surface area contributed by atoms with Crippen LogP contribution in [-0.2, 0) is 14.8 Å². The van der Waals surface area contributed by atoms with E-state index in [-0.39, 0.29) is 11.4 Å². The standard InChI is InChI=1S/C12H14ClNO4S/c13-10-3-5-11(6-4-10)19(17,18)14-7-1-2-9(8-14)12(15)16/h3-6,9H,1-2,7-8H2,(H,15,16)/p-1. The van der Waals surface area contributed by atoms with Gasteiger partial charge in [-0.15, -0.1) is 0 Å². The third kappa shape index (κ3) is 3.08. The number of aliphatic carboxylic acids is 1. The maximum Gasteiger partial charge on any atom is 0.243 e. The van der Waals surface area contributed by atoms with Crippen molar-refractivity contribution in [3.63, 3.8) is 0 Å². The van der Waals surface area contributed by atoms with Gasteiger partial charge in [0.1, 0.15) is 0 Å². The van der Waals surface area contributed by atoms with E-state index in [1.807, 2.05) is 0 Å². The Kier molecular flexibility index (Phi) is 4.13. The number of halogens is 1. The molecule has 2 rings (SSSR count). The van der Waals surface area contributed by atoms with Gasteiger partial charge in [-0.05, 0) is 37.1 Å². The fraction of sp³-hybridized carbons (Fsp3) is 0.417. The minimum Gasteiger partial charge on any atom is -0.550 e. The van der Waals surface area contributed by atoms with E-state index >= 15 is 0 Å². The molecule has 7 heteroatoms. The topological polar surface area (TPSA) is 77.5 Å². The Labute approximate surface area is 116 Å². The molecule has 19 heavy (non-hydrogen) atoms. The molecule has 1 fully saturated rings.